The summed E-state index contributed by atoms with van der Waals surface area (Å²) >= 11 is 0.783. The SMILES string of the molecule is O=C(Nc1cc(F)c(F)cc1C(=O)O)c1cnsn1. The van der Waals surface area contributed by atoms with E-state index in [9.17, 15) is 18.4 Å². The van der Waals surface area contributed by atoms with Gasteiger partial charge in [-0.1, -0.05) is 0 Å². The number of amides is 1. The van der Waals surface area contributed by atoms with Crippen LogP contribution in [-0.4, -0.2) is 25.7 Å². The predicted octanol–water partition coefficient (Wildman–Crippen LogP) is 1.77. The standard InChI is InChI=1S/C10H5F2N3O3S/c11-5-1-4(10(17)18)7(2-6(5)12)14-9(16)8-3-13-19-15-8/h1-3H,(H,14,16)(H,17,18). The summed E-state index contributed by atoms with van der Waals surface area (Å²) in [5, 5.41) is 11.0. The molecule has 0 atom stereocenters. The maximum Gasteiger partial charge on any atom is 0.337 e. The number of aromatic carboxylic acids is 1. The fourth-order valence-electron chi connectivity index (χ4n) is 1.28. The number of rotatable bonds is 3. The van der Waals surface area contributed by atoms with Gasteiger partial charge in [0.25, 0.3) is 5.91 Å². The minimum absolute atomic E-state index is 0.0499. The highest BCUT2D eigenvalue weighted by Crippen LogP contribution is 2.20. The van der Waals surface area contributed by atoms with Gasteiger partial charge >= 0.3 is 5.97 Å². The van der Waals surface area contributed by atoms with E-state index < -0.39 is 29.1 Å². The Kier molecular flexibility index (Phi) is 3.47. The number of hydrogen-bond donors (Lipinski definition) is 2. The summed E-state index contributed by atoms with van der Waals surface area (Å²) in [4.78, 5) is 22.5. The predicted molar refractivity (Wildman–Crippen MR) is 61.2 cm³/mol. The molecule has 0 aliphatic rings. The zero-order chi connectivity index (χ0) is 14.0. The molecule has 0 fully saturated rings. The lowest BCUT2D eigenvalue weighted by atomic mass is 10.1. The molecule has 0 saturated heterocycles. The van der Waals surface area contributed by atoms with Crippen molar-refractivity contribution < 1.29 is 23.5 Å². The first kappa shape index (κ1) is 13.0. The van der Waals surface area contributed by atoms with Crippen molar-refractivity contribution in [1.29, 1.82) is 0 Å². The van der Waals surface area contributed by atoms with Crippen LogP contribution in [0.3, 0.4) is 0 Å². The average molecular weight is 285 g/mol. The third-order valence-corrected chi connectivity index (χ3v) is 2.61. The average Bonchev–Trinajstić information content (AvgIpc) is 2.86. The number of carboxylic acids is 1. The number of anilines is 1. The largest absolute Gasteiger partial charge is 0.478 e. The second kappa shape index (κ2) is 5.06. The van der Waals surface area contributed by atoms with Crippen LogP contribution in [0.25, 0.3) is 0 Å². The van der Waals surface area contributed by atoms with Crippen molar-refractivity contribution in [3.05, 3.63) is 41.2 Å². The fraction of sp³-hybridized carbons (Fsp3) is 0. The van der Waals surface area contributed by atoms with E-state index in [2.05, 4.69) is 14.1 Å². The number of nitrogens with one attached hydrogen (secondary N) is 1. The number of aromatic nitrogens is 2. The summed E-state index contributed by atoms with van der Waals surface area (Å²) in [6, 6.07) is 1.09. The number of carbonyl (C=O) groups excluding carboxylic acids is 1. The molecule has 0 saturated carbocycles. The Labute approximate surface area is 109 Å². The highest BCUT2D eigenvalue weighted by Gasteiger charge is 2.18. The van der Waals surface area contributed by atoms with Crippen molar-refractivity contribution in [3.63, 3.8) is 0 Å². The molecule has 2 N–H and O–H groups in total. The van der Waals surface area contributed by atoms with E-state index >= 15 is 0 Å². The molecule has 1 aromatic heterocycles. The van der Waals surface area contributed by atoms with Gasteiger partial charge in [-0.25, -0.2) is 13.6 Å². The number of carboxylic acid groups (broad SMARTS) is 1. The molecule has 1 amide bonds. The Bertz CT molecular complexity index is 646. The van der Waals surface area contributed by atoms with Gasteiger partial charge in [-0.3, -0.25) is 4.79 Å². The highest BCUT2D eigenvalue weighted by atomic mass is 32.1. The quantitative estimate of drug-likeness (QED) is 0.896. The Balaban J connectivity index is 2.36. The molecule has 9 heteroatoms. The number of carbonyl (C=O) groups is 2. The van der Waals surface area contributed by atoms with Gasteiger partial charge in [-0.05, 0) is 6.07 Å². The number of nitrogens with zero attached hydrogens (tertiary/aromatic N) is 2. The molecule has 0 spiro atoms. The van der Waals surface area contributed by atoms with Crippen LogP contribution >= 0.6 is 11.7 Å². The Morgan fingerprint density at radius 1 is 1.26 bits per heavy atom. The van der Waals surface area contributed by atoms with Crippen LogP contribution in [0.5, 0.6) is 0 Å². The van der Waals surface area contributed by atoms with Gasteiger partial charge in [0.15, 0.2) is 17.3 Å². The van der Waals surface area contributed by atoms with Gasteiger partial charge in [-0.2, -0.15) is 8.75 Å². The minimum Gasteiger partial charge on any atom is -0.478 e. The first-order valence-corrected chi connectivity index (χ1v) is 5.53. The van der Waals surface area contributed by atoms with Crippen LogP contribution in [0.2, 0.25) is 0 Å². The third-order valence-electron chi connectivity index (χ3n) is 2.13. The fourth-order valence-corrected chi connectivity index (χ4v) is 1.69. The first-order valence-electron chi connectivity index (χ1n) is 4.80. The maximum atomic E-state index is 13.1. The summed E-state index contributed by atoms with van der Waals surface area (Å²) < 4.78 is 33.3. The van der Waals surface area contributed by atoms with E-state index in [4.69, 9.17) is 5.11 Å². The van der Waals surface area contributed by atoms with Crippen molar-refractivity contribution in [2.75, 3.05) is 5.32 Å². The molecular formula is C10H5F2N3O3S. The molecule has 19 heavy (non-hydrogen) atoms. The lowest BCUT2D eigenvalue weighted by Crippen LogP contribution is -2.15. The summed E-state index contributed by atoms with van der Waals surface area (Å²) in [6.45, 7) is 0. The van der Waals surface area contributed by atoms with Gasteiger partial charge in [0.1, 0.15) is 0 Å². The smallest absolute Gasteiger partial charge is 0.337 e. The lowest BCUT2D eigenvalue weighted by Gasteiger charge is -2.07. The van der Waals surface area contributed by atoms with Crippen molar-refractivity contribution in [3.8, 4) is 0 Å². The summed E-state index contributed by atoms with van der Waals surface area (Å²) in [5.41, 5.74) is -0.967. The Morgan fingerprint density at radius 2 is 1.95 bits per heavy atom. The second-order valence-corrected chi connectivity index (χ2v) is 3.92. The third kappa shape index (κ3) is 2.71. The zero-order valence-corrected chi connectivity index (χ0v) is 9.87. The monoisotopic (exact) mass is 285 g/mol. The Morgan fingerprint density at radius 3 is 2.53 bits per heavy atom. The normalized spacial score (nSPS) is 10.2. The maximum absolute atomic E-state index is 13.1. The molecule has 1 heterocycles. The molecule has 0 unspecified atom stereocenters. The van der Waals surface area contributed by atoms with Crippen LogP contribution in [0.4, 0.5) is 14.5 Å². The minimum atomic E-state index is -1.49. The van der Waals surface area contributed by atoms with Gasteiger partial charge < -0.3 is 10.4 Å². The van der Waals surface area contributed by atoms with E-state index in [1.807, 2.05) is 0 Å². The van der Waals surface area contributed by atoms with Crippen LogP contribution in [0.15, 0.2) is 18.3 Å². The van der Waals surface area contributed by atoms with Crippen LogP contribution < -0.4 is 5.32 Å². The van der Waals surface area contributed by atoms with Crippen molar-refractivity contribution in [2.24, 2.45) is 0 Å². The number of hydrogen-bond acceptors (Lipinski definition) is 5. The van der Waals surface area contributed by atoms with E-state index in [1.165, 1.54) is 6.20 Å². The van der Waals surface area contributed by atoms with Crippen LogP contribution in [0, 0.1) is 11.6 Å². The molecule has 0 aliphatic heterocycles. The first-order chi connectivity index (χ1) is 8.99. The molecule has 1 aromatic carbocycles. The van der Waals surface area contributed by atoms with E-state index in [1.54, 1.807) is 0 Å². The van der Waals surface area contributed by atoms with E-state index in [0.29, 0.717) is 12.1 Å². The molecule has 6 nitrogen and oxygen atoms in total. The topological polar surface area (TPSA) is 92.2 Å². The number of benzene rings is 1. The molecule has 2 aromatic rings. The summed E-state index contributed by atoms with van der Waals surface area (Å²) in [6.07, 6.45) is 1.17. The molecule has 0 bridgehead atoms. The Hall–Kier alpha value is -2.42. The van der Waals surface area contributed by atoms with Crippen LogP contribution in [-0.2, 0) is 0 Å². The van der Waals surface area contributed by atoms with Gasteiger partial charge in [0.2, 0.25) is 0 Å². The summed E-state index contributed by atoms with van der Waals surface area (Å²) in [7, 11) is 0. The van der Waals surface area contributed by atoms with Crippen LogP contribution in [0.1, 0.15) is 20.8 Å². The second-order valence-electron chi connectivity index (χ2n) is 3.36. The molecule has 98 valence electrons. The highest BCUT2D eigenvalue weighted by molar-refractivity contribution is 6.99. The van der Waals surface area contributed by atoms with Gasteiger partial charge in [0, 0.05) is 6.07 Å². The molecule has 0 radical (unpaired) electrons. The summed E-state index contributed by atoms with van der Waals surface area (Å²) in [5.74, 6) is -4.84. The van der Waals surface area contributed by atoms with Gasteiger partial charge in [0.05, 0.1) is 29.2 Å². The number of halogens is 2. The van der Waals surface area contributed by atoms with Crippen molar-refractivity contribution >= 4 is 29.3 Å². The van der Waals surface area contributed by atoms with E-state index in [0.717, 1.165) is 11.7 Å². The van der Waals surface area contributed by atoms with E-state index in [-0.39, 0.29) is 11.4 Å². The molecular weight excluding hydrogens is 280 g/mol. The lowest BCUT2D eigenvalue weighted by molar-refractivity contribution is 0.0697. The van der Waals surface area contributed by atoms with Crippen molar-refractivity contribution in [2.45, 2.75) is 0 Å². The molecule has 0 aliphatic carbocycles. The van der Waals surface area contributed by atoms with Gasteiger partial charge in [-0.15, -0.1) is 0 Å². The zero-order valence-electron chi connectivity index (χ0n) is 9.05. The van der Waals surface area contributed by atoms with Crippen molar-refractivity contribution in [1.82, 2.24) is 8.75 Å². The molecule has 2 rings (SSSR count).